The molecule has 0 nitrogen and oxygen atoms in total. The maximum atomic E-state index is 2.52. The van der Waals surface area contributed by atoms with Gasteiger partial charge < -0.3 is 0 Å². The van der Waals surface area contributed by atoms with Crippen molar-refractivity contribution >= 4 is 7.28 Å². The summed E-state index contributed by atoms with van der Waals surface area (Å²) in [5.41, 5.74) is 1.77. The van der Waals surface area contributed by atoms with Crippen LogP contribution < -0.4 is 0 Å². The van der Waals surface area contributed by atoms with Crippen molar-refractivity contribution in [1.29, 1.82) is 0 Å². The van der Waals surface area contributed by atoms with Crippen molar-refractivity contribution in [1.82, 2.24) is 0 Å². The standard InChI is InChI=1S/C12H18B/c1-8-5-9-6-11(9)12(7-8,13-2)10-3-4-10/h3,8-9,11H,4-7H2,1-2H3. The third-order valence-electron chi connectivity index (χ3n) is 4.50. The minimum absolute atomic E-state index is 0.572. The Balaban J connectivity index is 1.90. The van der Waals surface area contributed by atoms with E-state index >= 15 is 0 Å². The third kappa shape index (κ3) is 1.05. The van der Waals surface area contributed by atoms with Gasteiger partial charge in [-0.3, -0.25) is 0 Å². The van der Waals surface area contributed by atoms with Crippen LogP contribution in [0.5, 0.6) is 0 Å². The Morgan fingerprint density at radius 3 is 2.85 bits per heavy atom. The highest BCUT2D eigenvalue weighted by atomic mass is 14.6. The largest absolute Gasteiger partial charge is 0.120 e. The fraction of sp³-hybridized carbons (Fsp3) is 0.833. The zero-order valence-electron chi connectivity index (χ0n) is 8.72. The minimum atomic E-state index is 0.572. The van der Waals surface area contributed by atoms with Crippen LogP contribution in [0.25, 0.3) is 0 Å². The topological polar surface area (TPSA) is 0 Å². The van der Waals surface area contributed by atoms with E-state index in [-0.39, 0.29) is 0 Å². The number of rotatable bonds is 2. The Morgan fingerprint density at radius 1 is 1.46 bits per heavy atom. The van der Waals surface area contributed by atoms with Crippen LogP contribution in [0.1, 0.15) is 32.6 Å². The van der Waals surface area contributed by atoms with Crippen molar-refractivity contribution in [2.45, 2.75) is 44.7 Å². The molecule has 0 N–H and O–H groups in total. The molecular formula is C12H18B. The summed E-state index contributed by atoms with van der Waals surface area (Å²) in [6.07, 6.45) is 8.24. The molecule has 13 heavy (non-hydrogen) atoms. The van der Waals surface area contributed by atoms with Crippen LogP contribution in [0, 0.1) is 17.8 Å². The molecule has 0 aliphatic heterocycles. The van der Waals surface area contributed by atoms with E-state index in [1.165, 1.54) is 25.7 Å². The first-order valence-corrected chi connectivity index (χ1v) is 5.76. The van der Waals surface area contributed by atoms with E-state index in [1.807, 2.05) is 0 Å². The second kappa shape index (κ2) is 2.43. The molecule has 3 aliphatic rings. The molecule has 4 unspecified atom stereocenters. The molecule has 0 spiro atoms. The van der Waals surface area contributed by atoms with Gasteiger partial charge in [0.15, 0.2) is 0 Å². The van der Waals surface area contributed by atoms with E-state index in [1.54, 1.807) is 5.57 Å². The molecule has 2 saturated carbocycles. The first-order chi connectivity index (χ1) is 6.26. The van der Waals surface area contributed by atoms with Crippen molar-refractivity contribution in [3.05, 3.63) is 11.6 Å². The molecule has 0 heterocycles. The molecule has 2 fully saturated rings. The van der Waals surface area contributed by atoms with Gasteiger partial charge in [0.1, 0.15) is 7.28 Å². The molecule has 1 heteroatoms. The summed E-state index contributed by atoms with van der Waals surface area (Å²) >= 11 is 0. The summed E-state index contributed by atoms with van der Waals surface area (Å²) in [5, 5.41) is 0.572. The van der Waals surface area contributed by atoms with Crippen LogP contribution in [0.15, 0.2) is 11.6 Å². The second-order valence-electron chi connectivity index (χ2n) is 5.41. The lowest BCUT2D eigenvalue weighted by atomic mass is 9.45. The van der Waals surface area contributed by atoms with Crippen LogP contribution in [0.2, 0.25) is 12.1 Å². The molecule has 3 aliphatic carbocycles. The van der Waals surface area contributed by atoms with Crippen molar-refractivity contribution in [2.75, 3.05) is 0 Å². The van der Waals surface area contributed by atoms with Crippen LogP contribution >= 0.6 is 0 Å². The van der Waals surface area contributed by atoms with Gasteiger partial charge in [0.25, 0.3) is 0 Å². The van der Waals surface area contributed by atoms with Crippen molar-refractivity contribution in [3.8, 4) is 0 Å². The number of hydrogen-bond acceptors (Lipinski definition) is 0. The molecule has 69 valence electrons. The monoisotopic (exact) mass is 173 g/mol. The average molecular weight is 173 g/mol. The summed E-state index contributed by atoms with van der Waals surface area (Å²) < 4.78 is 0. The Hall–Kier alpha value is -0.195. The smallest absolute Gasteiger partial charge is 0.0911 e. The number of allylic oxidation sites excluding steroid dienone is 2. The molecular weight excluding hydrogens is 155 g/mol. The van der Waals surface area contributed by atoms with Gasteiger partial charge in [-0.25, -0.2) is 0 Å². The van der Waals surface area contributed by atoms with Crippen molar-refractivity contribution in [3.63, 3.8) is 0 Å². The number of fused-ring (bicyclic) bond motifs is 1. The molecule has 0 saturated heterocycles. The molecule has 0 bridgehead atoms. The molecule has 0 aromatic rings. The Bertz CT molecular complexity index is 268. The van der Waals surface area contributed by atoms with E-state index in [0.717, 1.165) is 17.8 Å². The van der Waals surface area contributed by atoms with Crippen LogP contribution in [0.3, 0.4) is 0 Å². The molecule has 0 amide bonds. The maximum Gasteiger partial charge on any atom is 0.120 e. The fourth-order valence-corrected chi connectivity index (χ4v) is 3.78. The van der Waals surface area contributed by atoms with E-state index in [0.29, 0.717) is 5.31 Å². The zero-order valence-corrected chi connectivity index (χ0v) is 8.72. The number of hydrogen-bond donors (Lipinski definition) is 0. The SMILES string of the molecule is C[B]C1(C2=CC2)CC(C)CC2CC21. The minimum Gasteiger partial charge on any atom is -0.0911 e. The lowest BCUT2D eigenvalue weighted by molar-refractivity contribution is 0.313. The Morgan fingerprint density at radius 2 is 2.23 bits per heavy atom. The van der Waals surface area contributed by atoms with Gasteiger partial charge in [-0.1, -0.05) is 25.4 Å². The average Bonchev–Trinajstić information content (AvgIpc) is 2.94. The van der Waals surface area contributed by atoms with Crippen molar-refractivity contribution in [2.24, 2.45) is 17.8 Å². The Labute approximate surface area is 82.0 Å². The molecule has 3 rings (SSSR count). The summed E-state index contributed by atoms with van der Waals surface area (Å²) in [7, 11) is 2.52. The van der Waals surface area contributed by atoms with Gasteiger partial charge in [-0.15, -0.1) is 0 Å². The third-order valence-corrected chi connectivity index (χ3v) is 4.50. The Kier molecular flexibility index (Phi) is 1.52. The van der Waals surface area contributed by atoms with Gasteiger partial charge >= 0.3 is 0 Å². The fourth-order valence-electron chi connectivity index (χ4n) is 3.78. The molecule has 4 atom stereocenters. The van der Waals surface area contributed by atoms with E-state index in [2.05, 4.69) is 27.1 Å². The maximum absolute atomic E-state index is 2.52. The van der Waals surface area contributed by atoms with Crippen LogP contribution in [-0.2, 0) is 0 Å². The quantitative estimate of drug-likeness (QED) is 0.444. The highest BCUT2D eigenvalue weighted by Gasteiger charge is 2.57. The van der Waals surface area contributed by atoms with Gasteiger partial charge in [0.2, 0.25) is 0 Å². The highest BCUT2D eigenvalue weighted by Crippen LogP contribution is 2.69. The first-order valence-electron chi connectivity index (χ1n) is 5.76. The van der Waals surface area contributed by atoms with E-state index in [9.17, 15) is 0 Å². The van der Waals surface area contributed by atoms with Gasteiger partial charge in [0.05, 0.1) is 0 Å². The summed E-state index contributed by atoms with van der Waals surface area (Å²) in [6.45, 7) is 4.72. The normalized spacial score (nSPS) is 52.2. The van der Waals surface area contributed by atoms with E-state index < -0.39 is 0 Å². The predicted octanol–water partition coefficient (Wildman–Crippen LogP) is 3.29. The molecule has 0 aromatic carbocycles. The lowest BCUT2D eigenvalue weighted by Gasteiger charge is -2.38. The summed E-state index contributed by atoms with van der Waals surface area (Å²) in [6, 6.07) is 0. The van der Waals surface area contributed by atoms with Gasteiger partial charge in [0, 0.05) is 0 Å². The first kappa shape index (κ1) is 8.14. The van der Waals surface area contributed by atoms with Gasteiger partial charge in [-0.05, 0) is 48.8 Å². The summed E-state index contributed by atoms with van der Waals surface area (Å²) in [5.74, 6) is 3.09. The summed E-state index contributed by atoms with van der Waals surface area (Å²) in [4.78, 5) is 0. The van der Waals surface area contributed by atoms with Gasteiger partial charge in [-0.2, -0.15) is 0 Å². The van der Waals surface area contributed by atoms with Crippen molar-refractivity contribution < 1.29 is 0 Å². The zero-order chi connectivity index (χ0) is 9.05. The second-order valence-corrected chi connectivity index (χ2v) is 5.41. The van der Waals surface area contributed by atoms with Crippen LogP contribution in [-0.4, -0.2) is 7.28 Å². The van der Waals surface area contributed by atoms with Crippen LogP contribution in [0.4, 0.5) is 0 Å². The molecule has 1 radical (unpaired) electrons. The lowest BCUT2D eigenvalue weighted by Crippen LogP contribution is -2.28. The molecule has 0 aromatic heterocycles. The highest BCUT2D eigenvalue weighted by molar-refractivity contribution is 6.40. The van der Waals surface area contributed by atoms with E-state index in [4.69, 9.17) is 0 Å². The predicted molar refractivity (Wildman–Crippen MR) is 57.0 cm³/mol.